The molecular formula is C25H30N2O. The van der Waals surface area contributed by atoms with E-state index in [2.05, 4.69) is 42.2 Å². The van der Waals surface area contributed by atoms with Crippen LogP contribution in [-0.2, 0) is 13.0 Å². The molecule has 5 rings (SSSR count). The van der Waals surface area contributed by atoms with Crippen LogP contribution in [0.1, 0.15) is 61.8 Å². The highest BCUT2D eigenvalue weighted by Crippen LogP contribution is 2.60. The van der Waals surface area contributed by atoms with Gasteiger partial charge in [-0.3, -0.25) is 9.98 Å². The standard InChI is InChI=1S/C25H30N2O/c1-25-13-12-21-20-9-7-19(28-2)15-17(20)6-8-22(21)23(25)10-11-24(25)27-16-18-5-3-4-14-26-18/h3-5,7,9,14-15,21-23H,6,8,10-13,16H2,1-2H3/t21-,22-,23+,25+/m1/s1. The summed E-state index contributed by atoms with van der Waals surface area (Å²) in [5.74, 6) is 3.32. The van der Waals surface area contributed by atoms with E-state index in [0.717, 1.165) is 35.7 Å². The Balaban J connectivity index is 1.39. The second kappa shape index (κ2) is 7.02. The van der Waals surface area contributed by atoms with Crippen LogP contribution in [-0.4, -0.2) is 17.8 Å². The van der Waals surface area contributed by atoms with Crippen molar-refractivity contribution in [3.63, 3.8) is 0 Å². The molecule has 0 N–H and O–H groups in total. The maximum Gasteiger partial charge on any atom is 0.119 e. The van der Waals surface area contributed by atoms with Crippen LogP contribution in [0.25, 0.3) is 0 Å². The van der Waals surface area contributed by atoms with E-state index in [0.29, 0.717) is 5.41 Å². The van der Waals surface area contributed by atoms with Gasteiger partial charge in [0.25, 0.3) is 0 Å². The molecule has 146 valence electrons. The first-order valence-corrected chi connectivity index (χ1v) is 10.8. The van der Waals surface area contributed by atoms with Crippen molar-refractivity contribution in [2.24, 2.45) is 22.2 Å². The topological polar surface area (TPSA) is 34.5 Å². The van der Waals surface area contributed by atoms with E-state index in [9.17, 15) is 0 Å². The highest BCUT2D eigenvalue weighted by molar-refractivity contribution is 5.92. The quantitative estimate of drug-likeness (QED) is 0.702. The molecule has 1 heterocycles. The molecule has 0 saturated heterocycles. The van der Waals surface area contributed by atoms with Gasteiger partial charge in [0, 0.05) is 17.3 Å². The summed E-state index contributed by atoms with van der Waals surface area (Å²) in [5.41, 5.74) is 5.95. The smallest absolute Gasteiger partial charge is 0.119 e. The van der Waals surface area contributed by atoms with Crippen LogP contribution < -0.4 is 4.74 Å². The molecule has 2 saturated carbocycles. The third-order valence-corrected chi connectivity index (χ3v) is 7.83. The highest BCUT2D eigenvalue weighted by Gasteiger charge is 2.53. The van der Waals surface area contributed by atoms with E-state index >= 15 is 0 Å². The second-order valence-corrected chi connectivity index (χ2v) is 9.06. The SMILES string of the molecule is COc1ccc2c(c1)CC[C@@H]1[C@@H]2CC[C@]2(C)C(=NCc3ccccn3)CC[C@@H]12. The maximum atomic E-state index is 5.46. The summed E-state index contributed by atoms with van der Waals surface area (Å²) in [6.45, 7) is 3.23. The fraction of sp³-hybridized carbons (Fsp3) is 0.520. The molecular weight excluding hydrogens is 344 g/mol. The zero-order valence-corrected chi connectivity index (χ0v) is 17.0. The number of aliphatic imine (C=N–C) groups is 1. The fourth-order valence-electron chi connectivity index (χ4n) is 6.40. The number of pyridine rings is 1. The molecule has 3 nitrogen and oxygen atoms in total. The number of nitrogens with zero attached hydrogens (tertiary/aromatic N) is 2. The average molecular weight is 375 g/mol. The second-order valence-electron chi connectivity index (χ2n) is 9.06. The number of methoxy groups -OCH3 is 1. The molecule has 3 heteroatoms. The monoisotopic (exact) mass is 374 g/mol. The van der Waals surface area contributed by atoms with Crippen LogP contribution in [0, 0.1) is 17.3 Å². The number of ether oxygens (including phenoxy) is 1. The first-order chi connectivity index (χ1) is 13.7. The Morgan fingerprint density at radius 2 is 2.07 bits per heavy atom. The summed E-state index contributed by atoms with van der Waals surface area (Å²) < 4.78 is 5.46. The van der Waals surface area contributed by atoms with E-state index < -0.39 is 0 Å². The Kier molecular flexibility index (Phi) is 4.49. The van der Waals surface area contributed by atoms with Gasteiger partial charge in [0.15, 0.2) is 0 Å². The average Bonchev–Trinajstić information content (AvgIpc) is 3.08. The van der Waals surface area contributed by atoms with Crippen molar-refractivity contribution >= 4 is 5.71 Å². The van der Waals surface area contributed by atoms with Gasteiger partial charge in [-0.05, 0) is 91.7 Å². The van der Waals surface area contributed by atoms with Gasteiger partial charge in [0.05, 0.1) is 19.3 Å². The summed E-state index contributed by atoms with van der Waals surface area (Å²) >= 11 is 0. The number of aryl methyl sites for hydroxylation is 1. The lowest BCUT2D eigenvalue weighted by molar-refractivity contribution is 0.0955. The molecule has 4 atom stereocenters. The highest BCUT2D eigenvalue weighted by atomic mass is 16.5. The Bertz CT molecular complexity index is 891. The van der Waals surface area contributed by atoms with Crippen LogP contribution in [0.2, 0.25) is 0 Å². The molecule has 1 aromatic carbocycles. The van der Waals surface area contributed by atoms with Crippen molar-refractivity contribution in [2.75, 3.05) is 7.11 Å². The number of benzene rings is 1. The number of aromatic nitrogens is 1. The molecule has 0 radical (unpaired) electrons. The van der Waals surface area contributed by atoms with Crippen LogP contribution in [0.4, 0.5) is 0 Å². The molecule has 2 aromatic rings. The molecule has 0 bridgehead atoms. The van der Waals surface area contributed by atoms with Gasteiger partial charge >= 0.3 is 0 Å². The Hall–Kier alpha value is -2.16. The molecule has 1 aromatic heterocycles. The van der Waals surface area contributed by atoms with Crippen LogP contribution >= 0.6 is 0 Å². The Morgan fingerprint density at radius 3 is 2.89 bits per heavy atom. The molecule has 3 aliphatic carbocycles. The first-order valence-electron chi connectivity index (χ1n) is 10.8. The fourth-order valence-corrected chi connectivity index (χ4v) is 6.40. The van der Waals surface area contributed by atoms with E-state index in [-0.39, 0.29) is 0 Å². The lowest BCUT2D eigenvalue weighted by Crippen LogP contribution is -2.42. The number of rotatable bonds is 3. The minimum atomic E-state index is 0.292. The van der Waals surface area contributed by atoms with Gasteiger partial charge in [0.1, 0.15) is 5.75 Å². The number of fused-ring (bicyclic) bond motifs is 5. The molecule has 0 unspecified atom stereocenters. The third-order valence-electron chi connectivity index (χ3n) is 7.83. The Labute approximate surface area is 168 Å². The minimum Gasteiger partial charge on any atom is -0.497 e. The van der Waals surface area contributed by atoms with Crippen molar-refractivity contribution in [1.82, 2.24) is 4.98 Å². The molecule has 28 heavy (non-hydrogen) atoms. The van der Waals surface area contributed by atoms with Crippen molar-refractivity contribution in [3.05, 3.63) is 59.4 Å². The zero-order chi connectivity index (χ0) is 19.1. The van der Waals surface area contributed by atoms with E-state index in [1.165, 1.54) is 49.8 Å². The first kappa shape index (κ1) is 17.9. The predicted octanol–water partition coefficient (Wildman–Crippen LogP) is 5.59. The lowest BCUT2D eigenvalue weighted by Gasteiger charge is -2.49. The summed E-state index contributed by atoms with van der Waals surface area (Å²) in [5, 5.41) is 0. The Morgan fingerprint density at radius 1 is 1.14 bits per heavy atom. The number of hydrogen-bond acceptors (Lipinski definition) is 3. The van der Waals surface area contributed by atoms with E-state index in [4.69, 9.17) is 9.73 Å². The van der Waals surface area contributed by atoms with Crippen molar-refractivity contribution < 1.29 is 4.74 Å². The summed E-state index contributed by atoms with van der Waals surface area (Å²) in [6, 6.07) is 12.9. The van der Waals surface area contributed by atoms with Gasteiger partial charge in [-0.25, -0.2) is 0 Å². The molecule has 3 aliphatic rings. The van der Waals surface area contributed by atoms with Crippen LogP contribution in [0.3, 0.4) is 0 Å². The summed E-state index contributed by atoms with van der Waals surface area (Å²) in [4.78, 5) is 9.55. The summed E-state index contributed by atoms with van der Waals surface area (Å²) in [6.07, 6.45) is 9.43. The molecule has 2 fully saturated rings. The van der Waals surface area contributed by atoms with Crippen LogP contribution in [0.15, 0.2) is 47.6 Å². The zero-order valence-electron chi connectivity index (χ0n) is 17.0. The largest absolute Gasteiger partial charge is 0.497 e. The van der Waals surface area contributed by atoms with Gasteiger partial charge in [-0.1, -0.05) is 19.1 Å². The van der Waals surface area contributed by atoms with E-state index in [1.807, 2.05) is 12.3 Å². The summed E-state index contributed by atoms with van der Waals surface area (Å²) in [7, 11) is 1.77. The van der Waals surface area contributed by atoms with Crippen molar-refractivity contribution in [3.8, 4) is 5.75 Å². The predicted molar refractivity (Wildman–Crippen MR) is 113 cm³/mol. The van der Waals surface area contributed by atoms with Crippen molar-refractivity contribution in [2.45, 2.75) is 57.9 Å². The molecule has 0 amide bonds. The van der Waals surface area contributed by atoms with Crippen LogP contribution in [0.5, 0.6) is 5.75 Å². The molecule has 0 aliphatic heterocycles. The molecule has 0 spiro atoms. The van der Waals surface area contributed by atoms with Gasteiger partial charge in [-0.15, -0.1) is 0 Å². The van der Waals surface area contributed by atoms with Gasteiger partial charge in [-0.2, -0.15) is 0 Å². The normalized spacial score (nSPS) is 32.5. The van der Waals surface area contributed by atoms with E-state index in [1.54, 1.807) is 12.7 Å². The van der Waals surface area contributed by atoms with Gasteiger partial charge in [0.2, 0.25) is 0 Å². The van der Waals surface area contributed by atoms with Gasteiger partial charge < -0.3 is 4.74 Å². The maximum absolute atomic E-state index is 5.46. The minimum absolute atomic E-state index is 0.292. The third kappa shape index (κ3) is 2.87. The van der Waals surface area contributed by atoms with Crippen molar-refractivity contribution in [1.29, 1.82) is 0 Å². The number of hydrogen-bond donors (Lipinski definition) is 0. The lowest BCUT2D eigenvalue weighted by atomic mass is 9.55.